The van der Waals surface area contributed by atoms with Gasteiger partial charge in [0.1, 0.15) is 0 Å². The molecule has 0 spiro atoms. The molecule has 1 aliphatic rings. The number of morpholine rings is 1. The van der Waals surface area contributed by atoms with E-state index < -0.39 is 0 Å². The number of para-hydroxylation sites is 1. The standard InChI is InChI=1S/C16H21Cl2N3O3.ClH/c1-2-21(15(23)8-11-10-24-7-6-19-11)9-14(22)20-16-12(17)4-3-5-13(16)18;/h3-5,11,19H,2,6-10H2,1H3,(H,20,22);1H. The summed E-state index contributed by atoms with van der Waals surface area (Å²) in [5.74, 6) is -0.436. The van der Waals surface area contributed by atoms with Crippen LogP contribution in [-0.4, -0.2) is 55.6 Å². The van der Waals surface area contributed by atoms with Crippen molar-refractivity contribution in [1.29, 1.82) is 0 Å². The van der Waals surface area contributed by atoms with Crippen molar-refractivity contribution in [3.8, 4) is 0 Å². The highest BCUT2D eigenvalue weighted by Crippen LogP contribution is 2.29. The van der Waals surface area contributed by atoms with Crippen molar-refractivity contribution < 1.29 is 14.3 Å². The fourth-order valence-electron chi connectivity index (χ4n) is 2.44. The normalized spacial score (nSPS) is 16.7. The maximum absolute atomic E-state index is 12.4. The van der Waals surface area contributed by atoms with Crippen LogP contribution in [-0.2, 0) is 14.3 Å². The van der Waals surface area contributed by atoms with Gasteiger partial charge in [0.05, 0.1) is 35.5 Å². The number of carbonyl (C=O) groups excluding carboxylic acids is 2. The molecule has 1 fully saturated rings. The van der Waals surface area contributed by atoms with Crippen molar-refractivity contribution in [3.63, 3.8) is 0 Å². The largest absolute Gasteiger partial charge is 0.378 e. The molecule has 0 saturated carbocycles. The van der Waals surface area contributed by atoms with E-state index in [2.05, 4.69) is 10.6 Å². The number of amides is 2. The van der Waals surface area contributed by atoms with Crippen LogP contribution in [0.5, 0.6) is 0 Å². The van der Waals surface area contributed by atoms with E-state index in [1.807, 2.05) is 6.92 Å². The van der Waals surface area contributed by atoms with Crippen LogP contribution in [0.25, 0.3) is 0 Å². The van der Waals surface area contributed by atoms with Crippen LogP contribution in [0.4, 0.5) is 5.69 Å². The highest BCUT2D eigenvalue weighted by Gasteiger charge is 2.22. The molecule has 25 heavy (non-hydrogen) atoms. The number of hydrogen-bond acceptors (Lipinski definition) is 4. The van der Waals surface area contributed by atoms with Crippen LogP contribution < -0.4 is 10.6 Å². The third-order valence-electron chi connectivity index (χ3n) is 3.72. The predicted molar refractivity (Wildman–Crippen MR) is 102 cm³/mol. The molecule has 2 N–H and O–H groups in total. The number of likely N-dealkylation sites (N-methyl/N-ethyl adjacent to an activating group) is 1. The molecule has 0 radical (unpaired) electrons. The lowest BCUT2D eigenvalue weighted by atomic mass is 10.2. The molecule has 1 aromatic rings. The third-order valence-corrected chi connectivity index (χ3v) is 4.35. The summed E-state index contributed by atoms with van der Waals surface area (Å²) in [7, 11) is 0. The van der Waals surface area contributed by atoms with E-state index in [4.69, 9.17) is 27.9 Å². The SMILES string of the molecule is CCN(CC(=O)Nc1c(Cl)cccc1Cl)C(=O)CC1COCCN1.Cl. The van der Waals surface area contributed by atoms with Gasteiger partial charge in [-0.25, -0.2) is 0 Å². The second-order valence-electron chi connectivity index (χ2n) is 5.48. The summed E-state index contributed by atoms with van der Waals surface area (Å²) >= 11 is 12.1. The van der Waals surface area contributed by atoms with Crippen molar-refractivity contribution in [3.05, 3.63) is 28.2 Å². The third kappa shape index (κ3) is 6.64. The average molecular weight is 411 g/mol. The Kier molecular flexibility index (Phi) is 9.53. The van der Waals surface area contributed by atoms with Crippen LogP contribution in [0.15, 0.2) is 18.2 Å². The van der Waals surface area contributed by atoms with Gasteiger partial charge in [0.15, 0.2) is 0 Å². The Balaban J connectivity index is 0.00000312. The number of anilines is 1. The van der Waals surface area contributed by atoms with Gasteiger partial charge < -0.3 is 20.3 Å². The first-order chi connectivity index (χ1) is 11.5. The molecule has 9 heteroatoms. The fourth-order valence-corrected chi connectivity index (χ4v) is 2.93. The summed E-state index contributed by atoms with van der Waals surface area (Å²) in [6.45, 7) is 4.11. The summed E-state index contributed by atoms with van der Waals surface area (Å²) in [6, 6.07) is 4.96. The zero-order chi connectivity index (χ0) is 17.5. The van der Waals surface area contributed by atoms with Gasteiger partial charge in [-0.3, -0.25) is 9.59 Å². The first-order valence-corrected chi connectivity index (χ1v) is 8.59. The molecule has 0 aliphatic carbocycles. The molecule has 0 bridgehead atoms. The van der Waals surface area contributed by atoms with Gasteiger partial charge >= 0.3 is 0 Å². The molecular weight excluding hydrogens is 389 g/mol. The molecule has 2 rings (SSSR count). The summed E-state index contributed by atoms with van der Waals surface area (Å²) in [4.78, 5) is 26.1. The lowest BCUT2D eigenvalue weighted by molar-refractivity contribution is -0.135. The Morgan fingerprint density at radius 1 is 1.36 bits per heavy atom. The number of hydrogen-bond donors (Lipinski definition) is 2. The van der Waals surface area contributed by atoms with Crippen LogP contribution in [0.3, 0.4) is 0 Å². The number of nitrogens with one attached hydrogen (secondary N) is 2. The molecule has 6 nitrogen and oxygen atoms in total. The average Bonchev–Trinajstić information content (AvgIpc) is 2.57. The van der Waals surface area contributed by atoms with E-state index >= 15 is 0 Å². The van der Waals surface area contributed by atoms with Gasteiger partial charge in [0.2, 0.25) is 11.8 Å². The van der Waals surface area contributed by atoms with E-state index in [1.165, 1.54) is 4.90 Å². The van der Waals surface area contributed by atoms with Gasteiger partial charge in [-0.15, -0.1) is 12.4 Å². The minimum absolute atomic E-state index is 0. The second kappa shape index (κ2) is 10.8. The van der Waals surface area contributed by atoms with E-state index in [9.17, 15) is 9.59 Å². The summed E-state index contributed by atoms with van der Waals surface area (Å²) in [6.07, 6.45) is 0.300. The number of ether oxygens (including phenoxy) is 1. The summed E-state index contributed by atoms with van der Waals surface area (Å²) in [5.41, 5.74) is 0.358. The van der Waals surface area contributed by atoms with Crippen LogP contribution in [0, 0.1) is 0 Å². The van der Waals surface area contributed by atoms with E-state index in [1.54, 1.807) is 18.2 Å². The molecule has 2 amide bonds. The van der Waals surface area contributed by atoms with Gasteiger partial charge in [-0.05, 0) is 19.1 Å². The van der Waals surface area contributed by atoms with Crippen molar-refractivity contribution in [2.45, 2.75) is 19.4 Å². The number of halogens is 3. The summed E-state index contributed by atoms with van der Waals surface area (Å²) in [5, 5.41) is 6.60. The minimum atomic E-state index is -0.340. The lowest BCUT2D eigenvalue weighted by Crippen LogP contribution is -2.46. The van der Waals surface area contributed by atoms with Crippen LogP contribution >= 0.6 is 35.6 Å². The highest BCUT2D eigenvalue weighted by atomic mass is 35.5. The zero-order valence-corrected chi connectivity index (χ0v) is 16.2. The monoisotopic (exact) mass is 409 g/mol. The highest BCUT2D eigenvalue weighted by molar-refractivity contribution is 6.39. The van der Waals surface area contributed by atoms with Gasteiger partial charge in [-0.1, -0.05) is 29.3 Å². The Morgan fingerprint density at radius 3 is 2.60 bits per heavy atom. The van der Waals surface area contributed by atoms with Crippen molar-refractivity contribution >= 4 is 53.1 Å². The molecule has 1 aromatic carbocycles. The van der Waals surface area contributed by atoms with Gasteiger partial charge in [-0.2, -0.15) is 0 Å². The van der Waals surface area contributed by atoms with E-state index in [0.29, 0.717) is 41.9 Å². The predicted octanol–water partition coefficient (Wildman–Crippen LogP) is 2.58. The number of benzene rings is 1. The number of nitrogens with zero attached hydrogens (tertiary/aromatic N) is 1. The van der Waals surface area contributed by atoms with Crippen molar-refractivity contribution in [2.75, 3.05) is 38.2 Å². The lowest BCUT2D eigenvalue weighted by Gasteiger charge is -2.27. The second-order valence-corrected chi connectivity index (χ2v) is 6.30. The van der Waals surface area contributed by atoms with Crippen LogP contribution in [0.2, 0.25) is 10.0 Å². The Morgan fingerprint density at radius 2 is 2.04 bits per heavy atom. The van der Waals surface area contributed by atoms with Gasteiger partial charge in [0, 0.05) is 25.6 Å². The maximum atomic E-state index is 12.4. The Bertz CT molecular complexity index is 575. The quantitative estimate of drug-likeness (QED) is 0.756. The molecule has 1 saturated heterocycles. The van der Waals surface area contributed by atoms with Gasteiger partial charge in [0.25, 0.3) is 0 Å². The Labute approximate surface area is 163 Å². The van der Waals surface area contributed by atoms with Crippen molar-refractivity contribution in [1.82, 2.24) is 10.2 Å². The molecular formula is C16H22Cl3N3O3. The minimum Gasteiger partial charge on any atom is -0.378 e. The summed E-state index contributed by atoms with van der Waals surface area (Å²) < 4.78 is 5.34. The fraction of sp³-hybridized carbons (Fsp3) is 0.500. The first kappa shape index (κ1) is 22.0. The molecule has 1 heterocycles. The maximum Gasteiger partial charge on any atom is 0.244 e. The molecule has 1 atom stereocenters. The topological polar surface area (TPSA) is 70.7 Å². The molecule has 0 aromatic heterocycles. The molecule has 1 unspecified atom stereocenters. The van der Waals surface area contributed by atoms with Crippen molar-refractivity contribution in [2.24, 2.45) is 0 Å². The van der Waals surface area contributed by atoms with E-state index in [-0.39, 0.29) is 36.8 Å². The van der Waals surface area contributed by atoms with E-state index in [0.717, 1.165) is 6.54 Å². The molecule has 1 aliphatic heterocycles. The zero-order valence-electron chi connectivity index (χ0n) is 13.9. The smallest absolute Gasteiger partial charge is 0.244 e. The Hall–Kier alpha value is -1.05. The molecule has 140 valence electrons. The van der Waals surface area contributed by atoms with Crippen LogP contribution in [0.1, 0.15) is 13.3 Å². The number of carbonyl (C=O) groups is 2. The number of rotatable bonds is 6. The first-order valence-electron chi connectivity index (χ1n) is 7.84.